The summed E-state index contributed by atoms with van der Waals surface area (Å²) in [6, 6.07) is 7.06. The van der Waals surface area contributed by atoms with Gasteiger partial charge in [0.05, 0.1) is 11.4 Å². The number of halogens is 1. The van der Waals surface area contributed by atoms with E-state index in [-0.39, 0.29) is 11.9 Å². The van der Waals surface area contributed by atoms with Crippen LogP contribution in [0.15, 0.2) is 24.3 Å². The molecule has 0 amide bonds. The molecule has 21 heavy (non-hydrogen) atoms. The van der Waals surface area contributed by atoms with Crippen LogP contribution in [0.25, 0.3) is 0 Å². The van der Waals surface area contributed by atoms with Gasteiger partial charge in [0.15, 0.2) is 0 Å². The average molecular weight is 286 g/mol. The van der Waals surface area contributed by atoms with Crippen LogP contribution in [-0.2, 0) is 12.8 Å². The third-order valence-corrected chi connectivity index (χ3v) is 3.89. The zero-order valence-corrected chi connectivity index (χ0v) is 12.3. The van der Waals surface area contributed by atoms with Crippen LogP contribution >= 0.6 is 0 Å². The van der Waals surface area contributed by atoms with E-state index in [9.17, 15) is 4.39 Å². The Morgan fingerprint density at radius 3 is 2.71 bits per heavy atom. The minimum Gasteiger partial charge on any atom is -0.350 e. The molecular formula is C16H19FN4. The van der Waals surface area contributed by atoms with Crippen molar-refractivity contribution in [2.75, 3.05) is 5.32 Å². The molecule has 0 spiro atoms. The molecule has 0 radical (unpaired) electrons. The van der Waals surface area contributed by atoms with Crippen LogP contribution in [0.1, 0.15) is 43.1 Å². The minimum atomic E-state index is -0.184. The molecule has 2 aromatic rings. The van der Waals surface area contributed by atoms with E-state index in [1.54, 1.807) is 12.1 Å². The Labute approximate surface area is 123 Å². The highest BCUT2D eigenvalue weighted by molar-refractivity contribution is 5.37. The number of anilines is 1. The van der Waals surface area contributed by atoms with Gasteiger partial charge in [-0.15, -0.1) is 5.10 Å². The summed E-state index contributed by atoms with van der Waals surface area (Å²) < 4.78 is 13.2. The first-order valence-corrected chi connectivity index (χ1v) is 7.45. The minimum absolute atomic E-state index is 0.184. The smallest absolute Gasteiger partial charge is 0.243 e. The van der Waals surface area contributed by atoms with Gasteiger partial charge in [0.25, 0.3) is 0 Å². The van der Waals surface area contributed by atoms with E-state index in [1.807, 2.05) is 6.07 Å². The normalized spacial score (nSPS) is 20.3. The summed E-state index contributed by atoms with van der Waals surface area (Å²) in [4.78, 5) is 4.53. The lowest BCUT2D eigenvalue weighted by molar-refractivity contribution is 0.625. The molecule has 1 fully saturated rings. The van der Waals surface area contributed by atoms with E-state index in [2.05, 4.69) is 34.3 Å². The second-order valence-electron chi connectivity index (χ2n) is 5.38. The molecule has 0 bridgehead atoms. The Morgan fingerprint density at radius 2 is 2.00 bits per heavy atom. The van der Waals surface area contributed by atoms with Crippen molar-refractivity contribution in [3.63, 3.8) is 0 Å². The first-order chi connectivity index (χ1) is 10.2. The van der Waals surface area contributed by atoms with Gasteiger partial charge in [0.2, 0.25) is 5.95 Å². The zero-order chi connectivity index (χ0) is 14.8. The van der Waals surface area contributed by atoms with Crippen molar-refractivity contribution in [2.45, 2.75) is 45.1 Å². The van der Waals surface area contributed by atoms with Gasteiger partial charge >= 0.3 is 0 Å². The van der Waals surface area contributed by atoms with Crippen molar-refractivity contribution in [3.8, 4) is 0 Å². The monoisotopic (exact) mass is 286 g/mol. The second-order valence-corrected chi connectivity index (χ2v) is 5.38. The molecule has 1 heterocycles. The highest BCUT2D eigenvalue weighted by Gasteiger charge is 2.39. The number of rotatable bonds is 5. The number of nitrogens with zero attached hydrogens (tertiary/aromatic N) is 3. The molecule has 1 aliphatic rings. The van der Waals surface area contributed by atoms with Gasteiger partial charge in [-0.05, 0) is 37.0 Å². The topological polar surface area (TPSA) is 50.7 Å². The number of hydrogen-bond acceptors (Lipinski definition) is 4. The molecule has 1 aromatic carbocycles. The summed E-state index contributed by atoms with van der Waals surface area (Å²) in [5.41, 5.74) is 2.99. The van der Waals surface area contributed by atoms with Gasteiger partial charge in [-0.25, -0.2) is 9.37 Å². The summed E-state index contributed by atoms with van der Waals surface area (Å²) >= 11 is 0. The van der Waals surface area contributed by atoms with E-state index < -0.39 is 0 Å². The number of aryl methyl sites for hydroxylation is 2. The van der Waals surface area contributed by atoms with Gasteiger partial charge in [-0.3, -0.25) is 0 Å². The first-order valence-electron chi connectivity index (χ1n) is 7.45. The van der Waals surface area contributed by atoms with E-state index in [4.69, 9.17) is 0 Å². The quantitative estimate of drug-likeness (QED) is 0.917. The Kier molecular flexibility index (Phi) is 3.82. The van der Waals surface area contributed by atoms with Crippen molar-refractivity contribution in [1.82, 2.24) is 15.2 Å². The van der Waals surface area contributed by atoms with E-state index >= 15 is 0 Å². The number of hydrogen-bond donors (Lipinski definition) is 1. The molecular weight excluding hydrogens is 267 g/mol. The van der Waals surface area contributed by atoms with Crippen LogP contribution in [0.4, 0.5) is 10.3 Å². The molecule has 0 saturated heterocycles. The molecule has 3 rings (SSSR count). The van der Waals surface area contributed by atoms with Crippen LogP contribution in [0, 0.1) is 5.82 Å². The van der Waals surface area contributed by atoms with Crippen LogP contribution < -0.4 is 5.32 Å². The van der Waals surface area contributed by atoms with E-state index in [0.29, 0.717) is 11.9 Å². The number of aromatic nitrogens is 3. The molecule has 1 aromatic heterocycles. The SMILES string of the molecule is CCc1nnc(N[C@@H]2C[C@H]2c2cccc(F)c2)nc1CC. The van der Waals surface area contributed by atoms with Crippen LogP contribution in [-0.4, -0.2) is 21.2 Å². The molecule has 1 N–H and O–H groups in total. The summed E-state index contributed by atoms with van der Waals surface area (Å²) in [5, 5.41) is 11.7. The molecule has 1 saturated carbocycles. The van der Waals surface area contributed by atoms with Crippen molar-refractivity contribution in [3.05, 3.63) is 47.0 Å². The van der Waals surface area contributed by atoms with Crippen molar-refractivity contribution < 1.29 is 4.39 Å². The summed E-state index contributed by atoms with van der Waals surface area (Å²) in [7, 11) is 0. The third-order valence-electron chi connectivity index (χ3n) is 3.89. The number of benzene rings is 1. The largest absolute Gasteiger partial charge is 0.350 e. The van der Waals surface area contributed by atoms with E-state index in [0.717, 1.165) is 36.2 Å². The maximum atomic E-state index is 13.2. The van der Waals surface area contributed by atoms with Gasteiger partial charge in [-0.2, -0.15) is 5.10 Å². The molecule has 1 aliphatic carbocycles. The third kappa shape index (κ3) is 3.01. The lowest BCUT2D eigenvalue weighted by Crippen LogP contribution is -2.12. The fraction of sp³-hybridized carbons (Fsp3) is 0.438. The molecule has 0 unspecified atom stereocenters. The second kappa shape index (κ2) is 5.76. The predicted octanol–water partition coefficient (Wildman–Crippen LogP) is 3.10. The maximum absolute atomic E-state index is 13.2. The Hall–Kier alpha value is -2.04. The van der Waals surface area contributed by atoms with Gasteiger partial charge in [0, 0.05) is 12.0 Å². The summed E-state index contributed by atoms with van der Waals surface area (Å²) in [6.07, 6.45) is 2.67. The van der Waals surface area contributed by atoms with Crippen molar-refractivity contribution in [1.29, 1.82) is 0 Å². The lowest BCUT2D eigenvalue weighted by atomic mass is 10.1. The highest BCUT2D eigenvalue weighted by Crippen LogP contribution is 2.42. The van der Waals surface area contributed by atoms with Crippen molar-refractivity contribution >= 4 is 5.95 Å². The maximum Gasteiger partial charge on any atom is 0.243 e. The predicted molar refractivity (Wildman–Crippen MR) is 79.8 cm³/mol. The Balaban J connectivity index is 1.69. The highest BCUT2D eigenvalue weighted by atomic mass is 19.1. The Bertz CT molecular complexity index is 644. The lowest BCUT2D eigenvalue weighted by Gasteiger charge is -2.07. The van der Waals surface area contributed by atoms with Gasteiger partial charge in [0.1, 0.15) is 5.82 Å². The molecule has 0 aliphatic heterocycles. The Morgan fingerprint density at radius 1 is 1.19 bits per heavy atom. The zero-order valence-electron chi connectivity index (χ0n) is 12.3. The van der Waals surface area contributed by atoms with E-state index in [1.165, 1.54) is 6.07 Å². The van der Waals surface area contributed by atoms with Crippen molar-refractivity contribution in [2.24, 2.45) is 0 Å². The fourth-order valence-corrected chi connectivity index (χ4v) is 2.63. The van der Waals surface area contributed by atoms with Crippen LogP contribution in [0.5, 0.6) is 0 Å². The van der Waals surface area contributed by atoms with Crippen LogP contribution in [0.3, 0.4) is 0 Å². The molecule has 110 valence electrons. The first kappa shape index (κ1) is 13.9. The fourth-order valence-electron chi connectivity index (χ4n) is 2.63. The van der Waals surface area contributed by atoms with Gasteiger partial charge < -0.3 is 5.32 Å². The molecule has 4 nitrogen and oxygen atoms in total. The summed E-state index contributed by atoms with van der Waals surface area (Å²) in [5.74, 6) is 0.727. The summed E-state index contributed by atoms with van der Waals surface area (Å²) in [6.45, 7) is 4.12. The van der Waals surface area contributed by atoms with Gasteiger partial charge in [-0.1, -0.05) is 26.0 Å². The van der Waals surface area contributed by atoms with Crippen LogP contribution in [0.2, 0.25) is 0 Å². The average Bonchev–Trinajstić information content (AvgIpc) is 3.26. The standard InChI is InChI=1S/C16H19FN4/c1-3-13-14(4-2)20-21-16(18-13)19-15-9-12(15)10-6-5-7-11(17)8-10/h5-8,12,15H,3-4,9H2,1-2H3,(H,18,19,21)/t12-,15+/m0/s1. The molecule has 5 heteroatoms. The number of nitrogens with one attached hydrogen (secondary N) is 1. The molecule has 2 atom stereocenters.